The molecule has 0 aromatic carbocycles. The zero-order valence-corrected chi connectivity index (χ0v) is 8.45. The summed E-state index contributed by atoms with van der Waals surface area (Å²) in [4.78, 5) is 0. The summed E-state index contributed by atoms with van der Waals surface area (Å²) in [5.74, 6) is 0. The molecule has 0 radical (unpaired) electrons. The average molecular weight is 143 g/mol. The van der Waals surface area contributed by atoms with Crippen LogP contribution in [0, 0.1) is 16.7 Å². The lowest BCUT2D eigenvalue weighted by molar-refractivity contribution is 0.561. The maximum atomic E-state index is 8.15. The van der Waals surface area contributed by atoms with Crippen LogP contribution < -0.4 is 0 Å². The van der Waals surface area contributed by atoms with E-state index in [0.29, 0.717) is 0 Å². The van der Waals surface area contributed by atoms with Crippen molar-refractivity contribution in [3.63, 3.8) is 0 Å². The zero-order chi connectivity index (χ0) is 9.21. The van der Waals surface area contributed by atoms with Crippen LogP contribution >= 0.6 is 0 Å². The first-order valence-corrected chi connectivity index (χ1v) is 3.97. The minimum Gasteiger partial charge on any atom is -0.198 e. The predicted molar refractivity (Wildman–Crippen MR) is 47.8 cm³/mol. The number of nitrogens with zero attached hydrogens (tertiary/aromatic N) is 1. The molecule has 0 atom stereocenters. The molecule has 0 spiro atoms. The second-order valence-electron chi connectivity index (χ2n) is 2.36. The van der Waals surface area contributed by atoms with Gasteiger partial charge in [-0.25, -0.2) is 0 Å². The summed E-state index contributed by atoms with van der Waals surface area (Å²) in [5, 5.41) is 8.15. The molecule has 0 rings (SSSR count). The highest BCUT2D eigenvalue weighted by Gasteiger charge is 2.04. The van der Waals surface area contributed by atoms with E-state index >= 15 is 0 Å². The Balaban J connectivity index is -0.000000105. The SMILES string of the molecule is CC.CC.CC(C)(C)C#N. The predicted octanol–water partition coefficient (Wildman–Crippen LogP) is 3.61. The van der Waals surface area contributed by atoms with Crippen molar-refractivity contribution in [2.75, 3.05) is 0 Å². The van der Waals surface area contributed by atoms with Crippen LogP contribution in [0.2, 0.25) is 0 Å². The van der Waals surface area contributed by atoms with Crippen molar-refractivity contribution in [2.45, 2.75) is 48.5 Å². The van der Waals surface area contributed by atoms with Gasteiger partial charge in [-0.1, -0.05) is 27.7 Å². The van der Waals surface area contributed by atoms with Gasteiger partial charge >= 0.3 is 0 Å². The standard InChI is InChI=1S/C5H9N.2C2H6/c1-5(2,3)4-6;2*1-2/h1-3H3;2*1-2H3. The molecule has 0 aliphatic rings. The zero-order valence-electron chi connectivity index (χ0n) is 8.45. The summed E-state index contributed by atoms with van der Waals surface area (Å²) in [7, 11) is 0. The molecule has 0 aromatic heterocycles. The van der Waals surface area contributed by atoms with Gasteiger partial charge in [-0.15, -0.1) is 0 Å². The molecule has 0 unspecified atom stereocenters. The van der Waals surface area contributed by atoms with Crippen molar-refractivity contribution in [3.05, 3.63) is 0 Å². The molecule has 0 amide bonds. The summed E-state index contributed by atoms with van der Waals surface area (Å²) in [6, 6.07) is 2.10. The van der Waals surface area contributed by atoms with Crippen LogP contribution in [0.25, 0.3) is 0 Å². The Morgan fingerprint density at radius 1 is 0.900 bits per heavy atom. The third kappa shape index (κ3) is 50.9. The smallest absolute Gasteiger partial charge is 0.0680 e. The third-order valence-corrected chi connectivity index (χ3v) is 0.335. The minimum atomic E-state index is -0.153. The Labute approximate surface area is 66.1 Å². The van der Waals surface area contributed by atoms with Gasteiger partial charge < -0.3 is 0 Å². The average Bonchev–Trinajstić information content (AvgIpc) is 1.95. The lowest BCUT2D eigenvalue weighted by Gasteiger charge is -2.01. The first-order valence-electron chi connectivity index (χ1n) is 3.97. The van der Waals surface area contributed by atoms with Crippen LogP contribution in [-0.4, -0.2) is 0 Å². The topological polar surface area (TPSA) is 23.8 Å². The third-order valence-electron chi connectivity index (χ3n) is 0.335. The van der Waals surface area contributed by atoms with Gasteiger partial charge in [-0.05, 0) is 20.8 Å². The van der Waals surface area contributed by atoms with Gasteiger partial charge in [0.1, 0.15) is 0 Å². The molecule has 0 fully saturated rings. The van der Waals surface area contributed by atoms with Crippen molar-refractivity contribution >= 4 is 0 Å². The van der Waals surface area contributed by atoms with Crippen LogP contribution in [0.3, 0.4) is 0 Å². The van der Waals surface area contributed by atoms with Gasteiger partial charge in [0.15, 0.2) is 0 Å². The Morgan fingerprint density at radius 2 is 1.00 bits per heavy atom. The lowest BCUT2D eigenvalue weighted by atomic mass is 10.0. The van der Waals surface area contributed by atoms with E-state index in [4.69, 9.17) is 5.26 Å². The van der Waals surface area contributed by atoms with E-state index in [1.807, 2.05) is 48.5 Å². The van der Waals surface area contributed by atoms with E-state index < -0.39 is 0 Å². The van der Waals surface area contributed by atoms with E-state index in [0.717, 1.165) is 0 Å². The summed E-state index contributed by atoms with van der Waals surface area (Å²) >= 11 is 0. The molecule has 0 aliphatic carbocycles. The van der Waals surface area contributed by atoms with Crippen LogP contribution in [-0.2, 0) is 0 Å². The first kappa shape index (κ1) is 16.2. The number of hydrogen-bond acceptors (Lipinski definition) is 1. The van der Waals surface area contributed by atoms with Gasteiger partial charge in [0.05, 0.1) is 6.07 Å². The van der Waals surface area contributed by atoms with Gasteiger partial charge in [-0.3, -0.25) is 0 Å². The normalized spacial score (nSPS) is 7.40. The molecule has 62 valence electrons. The molecular formula is C9H21N. The Kier molecular flexibility index (Phi) is 18.4. The van der Waals surface area contributed by atoms with Gasteiger partial charge in [0.2, 0.25) is 0 Å². The number of rotatable bonds is 0. The van der Waals surface area contributed by atoms with Crippen molar-refractivity contribution in [1.82, 2.24) is 0 Å². The number of hydrogen-bond donors (Lipinski definition) is 0. The van der Waals surface area contributed by atoms with E-state index in [9.17, 15) is 0 Å². The highest BCUT2D eigenvalue weighted by Crippen LogP contribution is 2.08. The number of nitriles is 1. The van der Waals surface area contributed by atoms with Crippen molar-refractivity contribution < 1.29 is 0 Å². The molecule has 0 aliphatic heterocycles. The highest BCUT2D eigenvalue weighted by atomic mass is 14.3. The molecule has 0 bridgehead atoms. The Morgan fingerprint density at radius 3 is 1.00 bits per heavy atom. The van der Waals surface area contributed by atoms with Crippen molar-refractivity contribution in [1.29, 1.82) is 5.26 Å². The lowest BCUT2D eigenvalue weighted by Crippen LogP contribution is -1.97. The van der Waals surface area contributed by atoms with Crippen LogP contribution in [0.15, 0.2) is 0 Å². The van der Waals surface area contributed by atoms with E-state index in [1.165, 1.54) is 0 Å². The fraction of sp³-hybridized carbons (Fsp3) is 0.889. The van der Waals surface area contributed by atoms with Crippen molar-refractivity contribution in [3.8, 4) is 6.07 Å². The second-order valence-corrected chi connectivity index (χ2v) is 2.36. The maximum Gasteiger partial charge on any atom is 0.0680 e. The van der Waals surface area contributed by atoms with Gasteiger partial charge in [-0.2, -0.15) is 5.26 Å². The highest BCUT2D eigenvalue weighted by molar-refractivity contribution is 4.86. The van der Waals surface area contributed by atoms with E-state index in [1.54, 1.807) is 0 Å². The second kappa shape index (κ2) is 11.3. The molecule has 1 nitrogen and oxygen atoms in total. The fourth-order valence-corrected chi connectivity index (χ4v) is 0. The monoisotopic (exact) mass is 143 g/mol. The van der Waals surface area contributed by atoms with Crippen LogP contribution in [0.1, 0.15) is 48.5 Å². The molecule has 1 heteroatoms. The molecule has 0 saturated carbocycles. The molecule has 0 aromatic rings. The van der Waals surface area contributed by atoms with Crippen LogP contribution in [0.5, 0.6) is 0 Å². The molecule has 10 heavy (non-hydrogen) atoms. The Bertz CT molecular complexity index is 71.7. The quantitative estimate of drug-likeness (QED) is 0.508. The first-order chi connectivity index (χ1) is 4.56. The summed E-state index contributed by atoms with van der Waals surface area (Å²) in [6.07, 6.45) is 0. The van der Waals surface area contributed by atoms with Gasteiger partial charge in [0, 0.05) is 5.41 Å². The van der Waals surface area contributed by atoms with Crippen molar-refractivity contribution in [2.24, 2.45) is 5.41 Å². The molecule has 0 saturated heterocycles. The van der Waals surface area contributed by atoms with Gasteiger partial charge in [0.25, 0.3) is 0 Å². The maximum absolute atomic E-state index is 8.15. The Hall–Kier alpha value is -0.510. The summed E-state index contributed by atoms with van der Waals surface area (Å²) < 4.78 is 0. The molecule has 0 N–H and O–H groups in total. The largest absolute Gasteiger partial charge is 0.198 e. The molecular weight excluding hydrogens is 122 g/mol. The van der Waals surface area contributed by atoms with Crippen LogP contribution in [0.4, 0.5) is 0 Å². The minimum absolute atomic E-state index is 0.153. The summed E-state index contributed by atoms with van der Waals surface area (Å²) in [6.45, 7) is 13.6. The summed E-state index contributed by atoms with van der Waals surface area (Å²) in [5.41, 5.74) is -0.153. The molecule has 0 heterocycles. The van der Waals surface area contributed by atoms with E-state index in [-0.39, 0.29) is 5.41 Å². The van der Waals surface area contributed by atoms with E-state index in [2.05, 4.69) is 6.07 Å². The fourth-order valence-electron chi connectivity index (χ4n) is 0.